The highest BCUT2D eigenvalue weighted by atomic mass is 16.2. The molecule has 0 saturated carbocycles. The van der Waals surface area contributed by atoms with Gasteiger partial charge in [0, 0.05) is 6.20 Å². The zero-order valence-corrected chi connectivity index (χ0v) is 9.34. The minimum atomic E-state index is -0.367. The third-order valence-electron chi connectivity index (χ3n) is 3.62. The molecule has 1 amide bonds. The number of nitrogens with one attached hydrogen (secondary N) is 2. The van der Waals surface area contributed by atoms with Crippen LogP contribution in [-0.4, -0.2) is 24.0 Å². The summed E-state index contributed by atoms with van der Waals surface area (Å²) in [6, 6.07) is 2.01. The van der Waals surface area contributed by atoms with Crippen molar-refractivity contribution in [2.45, 2.75) is 25.2 Å². The second-order valence-corrected chi connectivity index (χ2v) is 4.70. The predicted molar refractivity (Wildman–Crippen MR) is 61.4 cm³/mol. The van der Waals surface area contributed by atoms with Gasteiger partial charge >= 0.3 is 0 Å². The van der Waals surface area contributed by atoms with Crippen LogP contribution in [0.1, 0.15) is 24.1 Å². The van der Waals surface area contributed by atoms with Crippen molar-refractivity contribution < 1.29 is 4.79 Å². The van der Waals surface area contributed by atoms with Crippen LogP contribution in [0.3, 0.4) is 0 Å². The van der Waals surface area contributed by atoms with Gasteiger partial charge in [0.05, 0.1) is 16.8 Å². The van der Waals surface area contributed by atoms with Crippen LogP contribution >= 0.6 is 0 Å². The van der Waals surface area contributed by atoms with E-state index in [2.05, 4.69) is 15.6 Å². The molecule has 2 N–H and O–H groups in total. The number of rotatable bonds is 0. The summed E-state index contributed by atoms with van der Waals surface area (Å²) in [5.41, 5.74) is 2.58. The van der Waals surface area contributed by atoms with E-state index < -0.39 is 0 Å². The van der Waals surface area contributed by atoms with Gasteiger partial charge in [0.2, 0.25) is 5.91 Å². The van der Waals surface area contributed by atoms with Gasteiger partial charge < -0.3 is 10.6 Å². The average Bonchev–Trinajstić information content (AvgIpc) is 2.53. The van der Waals surface area contributed by atoms with Crippen molar-refractivity contribution in [1.82, 2.24) is 10.3 Å². The summed E-state index contributed by atoms with van der Waals surface area (Å²) in [5, 5.41) is 6.26. The lowest BCUT2D eigenvalue weighted by molar-refractivity contribution is -0.121. The SMILES string of the molecule is Cc1cnc2c(c1)NC(=O)C21CCNCC1. The number of carbonyl (C=O) groups excluding carboxylic acids is 1. The van der Waals surface area contributed by atoms with Gasteiger partial charge in [-0.15, -0.1) is 0 Å². The zero-order valence-electron chi connectivity index (χ0n) is 9.34. The molecule has 1 spiro atoms. The average molecular weight is 217 g/mol. The third kappa shape index (κ3) is 1.19. The van der Waals surface area contributed by atoms with E-state index in [1.54, 1.807) is 0 Å². The number of nitrogens with zero attached hydrogens (tertiary/aromatic N) is 1. The summed E-state index contributed by atoms with van der Waals surface area (Å²) in [7, 11) is 0. The van der Waals surface area contributed by atoms with Gasteiger partial charge in [-0.1, -0.05) is 0 Å². The zero-order chi connectivity index (χ0) is 11.2. The van der Waals surface area contributed by atoms with Crippen molar-refractivity contribution in [2.75, 3.05) is 18.4 Å². The Kier molecular flexibility index (Phi) is 2.01. The molecule has 0 aliphatic carbocycles. The number of anilines is 1. The van der Waals surface area contributed by atoms with E-state index in [4.69, 9.17) is 0 Å². The first-order valence-electron chi connectivity index (χ1n) is 5.72. The van der Waals surface area contributed by atoms with E-state index >= 15 is 0 Å². The standard InChI is InChI=1S/C12H15N3O/c1-8-6-9-10(14-7-8)12(11(16)15-9)2-4-13-5-3-12/h6-7,13H,2-5H2,1H3,(H,15,16). The number of piperidine rings is 1. The molecule has 2 aliphatic heterocycles. The van der Waals surface area contributed by atoms with Crippen molar-refractivity contribution in [3.63, 3.8) is 0 Å². The first-order valence-corrected chi connectivity index (χ1v) is 5.72. The Bertz CT molecular complexity index is 450. The Morgan fingerprint density at radius 3 is 2.88 bits per heavy atom. The van der Waals surface area contributed by atoms with Gasteiger partial charge in [-0.3, -0.25) is 9.78 Å². The van der Waals surface area contributed by atoms with Crippen LogP contribution in [0.4, 0.5) is 5.69 Å². The fourth-order valence-corrected chi connectivity index (χ4v) is 2.71. The van der Waals surface area contributed by atoms with Crippen LogP contribution in [0.2, 0.25) is 0 Å². The van der Waals surface area contributed by atoms with Crippen LogP contribution in [0, 0.1) is 6.92 Å². The number of pyridine rings is 1. The molecule has 1 fully saturated rings. The monoisotopic (exact) mass is 217 g/mol. The summed E-state index contributed by atoms with van der Waals surface area (Å²) in [5.74, 6) is 0.127. The highest BCUT2D eigenvalue weighted by Crippen LogP contribution is 2.42. The smallest absolute Gasteiger partial charge is 0.236 e. The lowest BCUT2D eigenvalue weighted by Crippen LogP contribution is -2.44. The van der Waals surface area contributed by atoms with Crippen LogP contribution in [-0.2, 0) is 10.2 Å². The lowest BCUT2D eigenvalue weighted by atomic mass is 9.76. The fourth-order valence-electron chi connectivity index (χ4n) is 2.71. The summed E-state index contributed by atoms with van der Waals surface area (Å²) < 4.78 is 0. The number of hydrogen-bond acceptors (Lipinski definition) is 3. The van der Waals surface area contributed by atoms with E-state index in [-0.39, 0.29) is 11.3 Å². The molecule has 4 heteroatoms. The molecule has 0 atom stereocenters. The summed E-state index contributed by atoms with van der Waals surface area (Å²) in [6.07, 6.45) is 3.55. The van der Waals surface area contributed by atoms with E-state index in [1.807, 2.05) is 19.2 Å². The Hall–Kier alpha value is -1.42. The van der Waals surface area contributed by atoms with Gasteiger partial charge in [0.25, 0.3) is 0 Å². The molecule has 0 bridgehead atoms. The predicted octanol–water partition coefficient (Wildman–Crippen LogP) is 0.963. The Morgan fingerprint density at radius 2 is 2.12 bits per heavy atom. The van der Waals surface area contributed by atoms with Crippen molar-refractivity contribution in [2.24, 2.45) is 0 Å². The van der Waals surface area contributed by atoms with E-state index in [0.29, 0.717) is 0 Å². The largest absolute Gasteiger partial charge is 0.324 e. The minimum absolute atomic E-state index is 0.127. The number of fused-ring (bicyclic) bond motifs is 2. The van der Waals surface area contributed by atoms with Crippen molar-refractivity contribution in [3.05, 3.63) is 23.5 Å². The molecule has 2 aliphatic rings. The van der Waals surface area contributed by atoms with Crippen LogP contribution in [0.5, 0.6) is 0 Å². The van der Waals surface area contributed by atoms with Gasteiger partial charge in [0.15, 0.2) is 0 Å². The molecule has 4 nitrogen and oxygen atoms in total. The van der Waals surface area contributed by atoms with Crippen LogP contribution in [0.15, 0.2) is 12.3 Å². The van der Waals surface area contributed by atoms with E-state index in [1.165, 1.54) is 0 Å². The molecule has 16 heavy (non-hydrogen) atoms. The number of aryl methyl sites for hydroxylation is 1. The maximum absolute atomic E-state index is 12.1. The number of carbonyl (C=O) groups is 1. The molecule has 0 radical (unpaired) electrons. The minimum Gasteiger partial charge on any atom is -0.324 e. The topological polar surface area (TPSA) is 54.0 Å². The highest BCUT2D eigenvalue weighted by Gasteiger charge is 2.48. The summed E-state index contributed by atoms with van der Waals surface area (Å²) >= 11 is 0. The molecule has 1 aromatic heterocycles. The Morgan fingerprint density at radius 1 is 1.38 bits per heavy atom. The maximum atomic E-state index is 12.1. The molecule has 84 valence electrons. The van der Waals surface area contributed by atoms with Crippen LogP contribution < -0.4 is 10.6 Å². The number of hydrogen-bond donors (Lipinski definition) is 2. The summed E-state index contributed by atoms with van der Waals surface area (Å²) in [6.45, 7) is 3.78. The lowest BCUT2D eigenvalue weighted by Gasteiger charge is -2.30. The van der Waals surface area contributed by atoms with Crippen LogP contribution in [0.25, 0.3) is 0 Å². The van der Waals surface area contributed by atoms with Gasteiger partial charge in [-0.2, -0.15) is 0 Å². The van der Waals surface area contributed by atoms with Crippen molar-refractivity contribution >= 4 is 11.6 Å². The molecule has 3 heterocycles. The molecular weight excluding hydrogens is 202 g/mol. The normalized spacial score (nSPS) is 21.9. The Balaban J connectivity index is 2.11. The van der Waals surface area contributed by atoms with E-state index in [0.717, 1.165) is 42.9 Å². The molecular formula is C12H15N3O. The first-order chi connectivity index (χ1) is 7.72. The quantitative estimate of drug-likeness (QED) is 0.680. The second-order valence-electron chi connectivity index (χ2n) is 4.70. The van der Waals surface area contributed by atoms with Crippen molar-refractivity contribution in [3.8, 4) is 0 Å². The molecule has 0 aromatic carbocycles. The molecule has 0 unspecified atom stereocenters. The number of aromatic nitrogens is 1. The Labute approximate surface area is 94.5 Å². The van der Waals surface area contributed by atoms with Gasteiger partial charge in [0.1, 0.15) is 0 Å². The second kappa shape index (κ2) is 3.28. The number of amides is 1. The molecule has 3 rings (SSSR count). The third-order valence-corrected chi connectivity index (χ3v) is 3.62. The molecule has 1 saturated heterocycles. The van der Waals surface area contributed by atoms with E-state index in [9.17, 15) is 4.79 Å². The highest BCUT2D eigenvalue weighted by molar-refractivity contribution is 6.05. The van der Waals surface area contributed by atoms with Gasteiger partial charge in [-0.25, -0.2) is 0 Å². The first kappa shape index (κ1) is 9.78. The van der Waals surface area contributed by atoms with Gasteiger partial charge in [-0.05, 0) is 44.5 Å². The fraction of sp³-hybridized carbons (Fsp3) is 0.500. The summed E-state index contributed by atoms with van der Waals surface area (Å²) in [4.78, 5) is 16.6. The van der Waals surface area contributed by atoms with Crippen molar-refractivity contribution in [1.29, 1.82) is 0 Å². The molecule has 1 aromatic rings. The maximum Gasteiger partial charge on any atom is 0.236 e.